The van der Waals surface area contributed by atoms with Gasteiger partial charge in [-0.05, 0) is 99.5 Å². The van der Waals surface area contributed by atoms with Gasteiger partial charge in [0.15, 0.2) is 0 Å². The van der Waals surface area contributed by atoms with Crippen molar-refractivity contribution in [2.24, 2.45) is 11.0 Å². The van der Waals surface area contributed by atoms with Crippen molar-refractivity contribution in [3.8, 4) is 11.6 Å². The first-order valence-corrected chi connectivity index (χ1v) is 18.3. The minimum atomic E-state index is -0.823. The Balaban J connectivity index is 1.14. The van der Waals surface area contributed by atoms with Gasteiger partial charge >= 0.3 is 5.97 Å². The van der Waals surface area contributed by atoms with E-state index >= 15 is 0 Å². The van der Waals surface area contributed by atoms with Crippen LogP contribution in [0.3, 0.4) is 0 Å². The molecule has 14 nitrogen and oxygen atoms in total. The van der Waals surface area contributed by atoms with Gasteiger partial charge in [-0.2, -0.15) is 10.1 Å². The summed E-state index contributed by atoms with van der Waals surface area (Å²) in [7, 11) is 0. The number of amides is 1. The summed E-state index contributed by atoms with van der Waals surface area (Å²) in [6.07, 6.45) is 5.00. The molecular formula is C37H50N10O4. The maximum atomic E-state index is 12.9. The smallest absolute Gasteiger partial charge is 0.304 e. The molecule has 2 fully saturated rings. The SMILES string of the molecule is Cc1cc(C)n(-c2cc([C@H](CC(=O)O)CN3CC[C@@H](COc4ccc5c(n4)NCCC5)C3)cc(N3CCN(C(=O)CCCCN=[N+]=[N-])CC3)c2)n1. The number of azide groups is 1. The number of unbranched alkanes of at least 4 members (excludes halogenated alkanes) is 1. The van der Waals surface area contributed by atoms with Crippen molar-refractivity contribution in [2.45, 2.75) is 64.7 Å². The number of fused-ring (bicyclic) bond motifs is 1. The number of carboxylic acids is 1. The number of piperazine rings is 1. The zero-order chi connectivity index (χ0) is 35.7. The third kappa shape index (κ3) is 9.50. The second-order valence-electron chi connectivity index (χ2n) is 14.1. The summed E-state index contributed by atoms with van der Waals surface area (Å²) in [5.74, 6) is 0.986. The first-order valence-electron chi connectivity index (χ1n) is 18.3. The van der Waals surface area contributed by atoms with Gasteiger partial charge in [0.2, 0.25) is 11.8 Å². The Morgan fingerprint density at radius 3 is 2.69 bits per heavy atom. The molecular weight excluding hydrogens is 648 g/mol. The van der Waals surface area contributed by atoms with E-state index in [4.69, 9.17) is 15.4 Å². The number of carboxylic acid groups (broad SMARTS) is 1. The van der Waals surface area contributed by atoms with Crippen LogP contribution in [0.15, 0.2) is 41.5 Å². The van der Waals surface area contributed by atoms with E-state index in [1.54, 1.807) is 0 Å². The Labute approximate surface area is 299 Å². The predicted octanol–water partition coefficient (Wildman–Crippen LogP) is 5.33. The molecule has 0 saturated carbocycles. The lowest BCUT2D eigenvalue weighted by atomic mass is 9.93. The number of ether oxygens (including phenoxy) is 1. The highest BCUT2D eigenvalue weighted by molar-refractivity contribution is 5.76. The number of nitrogens with one attached hydrogen (secondary N) is 1. The number of benzene rings is 1. The highest BCUT2D eigenvalue weighted by Gasteiger charge is 2.29. The average Bonchev–Trinajstić information content (AvgIpc) is 3.74. The normalized spacial score (nSPS) is 18.1. The van der Waals surface area contributed by atoms with Crippen LogP contribution in [0.25, 0.3) is 16.1 Å². The molecule has 3 aliphatic rings. The van der Waals surface area contributed by atoms with E-state index in [2.05, 4.69) is 54.4 Å². The molecule has 14 heteroatoms. The Kier molecular flexibility index (Phi) is 12.0. The Bertz CT molecular complexity index is 1730. The van der Waals surface area contributed by atoms with Crippen molar-refractivity contribution < 1.29 is 19.4 Å². The molecule has 5 heterocycles. The van der Waals surface area contributed by atoms with Gasteiger partial charge in [0, 0.05) is 93.0 Å². The molecule has 0 radical (unpaired) electrons. The second-order valence-corrected chi connectivity index (χ2v) is 14.1. The number of pyridine rings is 1. The number of nitrogens with zero attached hydrogens (tertiary/aromatic N) is 9. The van der Waals surface area contributed by atoms with Crippen molar-refractivity contribution in [2.75, 3.05) is 75.7 Å². The van der Waals surface area contributed by atoms with Crippen molar-refractivity contribution in [1.29, 1.82) is 0 Å². The van der Waals surface area contributed by atoms with Crippen LogP contribution in [0.2, 0.25) is 0 Å². The molecule has 1 aromatic carbocycles. The van der Waals surface area contributed by atoms with Crippen LogP contribution in [-0.4, -0.2) is 107 Å². The summed E-state index contributed by atoms with van der Waals surface area (Å²) >= 11 is 0. The van der Waals surface area contributed by atoms with E-state index in [0.29, 0.717) is 76.9 Å². The lowest BCUT2D eigenvalue weighted by Gasteiger charge is -2.37. The first kappa shape index (κ1) is 36.0. The number of carbonyl (C=O) groups excluding carboxylic acids is 1. The van der Waals surface area contributed by atoms with Crippen LogP contribution in [0, 0.1) is 19.8 Å². The van der Waals surface area contributed by atoms with Crippen LogP contribution < -0.4 is 15.0 Å². The number of likely N-dealkylation sites (tertiary alicyclic amines) is 1. The summed E-state index contributed by atoms with van der Waals surface area (Å²) < 4.78 is 8.08. The molecule has 1 amide bonds. The Morgan fingerprint density at radius 1 is 1.10 bits per heavy atom. The maximum Gasteiger partial charge on any atom is 0.304 e. The molecule has 2 saturated heterocycles. The number of carbonyl (C=O) groups is 2. The van der Waals surface area contributed by atoms with Crippen LogP contribution in [-0.2, 0) is 16.0 Å². The number of rotatable bonds is 15. The van der Waals surface area contributed by atoms with Crippen LogP contribution in [0.5, 0.6) is 5.88 Å². The topological polar surface area (TPSA) is 165 Å². The third-order valence-corrected chi connectivity index (χ3v) is 10.2. The molecule has 0 aliphatic carbocycles. The first-order chi connectivity index (χ1) is 24.7. The van der Waals surface area contributed by atoms with Gasteiger partial charge in [-0.25, -0.2) is 4.68 Å². The number of aliphatic carboxylic acids is 1. The van der Waals surface area contributed by atoms with Crippen LogP contribution >= 0.6 is 0 Å². The monoisotopic (exact) mass is 698 g/mol. The zero-order valence-electron chi connectivity index (χ0n) is 29.8. The number of anilines is 2. The Morgan fingerprint density at radius 2 is 1.92 bits per heavy atom. The van der Waals surface area contributed by atoms with E-state index in [9.17, 15) is 14.7 Å². The van der Waals surface area contributed by atoms with E-state index < -0.39 is 5.97 Å². The molecule has 3 aliphatic heterocycles. The largest absolute Gasteiger partial charge is 0.481 e. The van der Waals surface area contributed by atoms with Crippen molar-refractivity contribution in [3.63, 3.8) is 0 Å². The fourth-order valence-electron chi connectivity index (χ4n) is 7.54. The van der Waals surface area contributed by atoms with Gasteiger partial charge in [-0.15, -0.1) is 0 Å². The fourth-order valence-corrected chi connectivity index (χ4v) is 7.54. The number of hydrogen-bond acceptors (Lipinski definition) is 9. The quantitative estimate of drug-likeness (QED) is 0.0924. The second kappa shape index (κ2) is 16.9. The average molecular weight is 699 g/mol. The fraction of sp³-hybridized carbons (Fsp3) is 0.568. The highest BCUT2D eigenvalue weighted by atomic mass is 16.5. The van der Waals surface area contributed by atoms with Crippen molar-refractivity contribution in [1.82, 2.24) is 24.6 Å². The number of aryl methyl sites for hydroxylation is 3. The maximum absolute atomic E-state index is 12.9. The lowest BCUT2D eigenvalue weighted by molar-refractivity contribution is -0.137. The van der Waals surface area contributed by atoms with Crippen LogP contribution in [0.1, 0.15) is 67.0 Å². The minimum Gasteiger partial charge on any atom is -0.481 e. The van der Waals surface area contributed by atoms with Crippen molar-refractivity contribution in [3.05, 3.63) is 69.4 Å². The number of hydrogen-bond donors (Lipinski definition) is 2. The molecule has 272 valence electrons. The summed E-state index contributed by atoms with van der Waals surface area (Å²) in [5, 5.41) is 21.8. The molecule has 0 unspecified atom stereocenters. The van der Waals surface area contributed by atoms with Gasteiger partial charge in [0.05, 0.1) is 24.4 Å². The van der Waals surface area contributed by atoms with E-state index in [1.165, 1.54) is 5.56 Å². The molecule has 0 bridgehead atoms. The summed E-state index contributed by atoms with van der Waals surface area (Å²) in [6, 6.07) is 12.5. The van der Waals surface area contributed by atoms with E-state index in [1.807, 2.05) is 35.6 Å². The summed E-state index contributed by atoms with van der Waals surface area (Å²) in [5.41, 5.74) is 14.5. The van der Waals surface area contributed by atoms with Gasteiger partial charge in [-0.1, -0.05) is 5.11 Å². The Hall–Kier alpha value is -4.81. The number of aromatic nitrogens is 3. The predicted molar refractivity (Wildman–Crippen MR) is 196 cm³/mol. The van der Waals surface area contributed by atoms with Gasteiger partial charge in [-0.3, -0.25) is 9.59 Å². The molecule has 0 spiro atoms. The van der Waals surface area contributed by atoms with Gasteiger partial charge < -0.3 is 29.9 Å². The van der Waals surface area contributed by atoms with Crippen LogP contribution in [0.4, 0.5) is 11.5 Å². The van der Waals surface area contributed by atoms with Crippen molar-refractivity contribution >= 4 is 23.4 Å². The van der Waals surface area contributed by atoms with Gasteiger partial charge in [0.1, 0.15) is 5.82 Å². The molecule has 6 rings (SSSR count). The molecule has 2 aromatic heterocycles. The molecule has 2 N–H and O–H groups in total. The summed E-state index contributed by atoms with van der Waals surface area (Å²) in [6.45, 7) is 10.9. The standard InChI is InChI=1S/C37H50N10O4/c1-26-18-27(2)47(42-26)33-20-30(19-32(22-33)45-14-16-46(17-15-45)35(48)7-3-4-12-40-43-38)31(21-36(49)50)24-44-13-10-28(23-44)25-51-34-9-8-29-6-5-11-39-37(29)41-34/h8-9,18-20,22,28,31H,3-7,10-17,21,23-25H2,1-2H3,(H,39,41)(H,49,50)/t28-,31-/m1/s1. The third-order valence-electron chi connectivity index (χ3n) is 10.2. The van der Waals surface area contributed by atoms with Gasteiger partial charge in [0.25, 0.3) is 0 Å². The minimum absolute atomic E-state index is 0.0195. The zero-order valence-corrected chi connectivity index (χ0v) is 29.8. The molecule has 2 atom stereocenters. The van der Waals surface area contributed by atoms with E-state index in [-0.39, 0.29) is 18.2 Å². The molecule has 3 aromatic rings. The highest BCUT2D eigenvalue weighted by Crippen LogP contribution is 2.32. The molecule has 51 heavy (non-hydrogen) atoms. The lowest BCUT2D eigenvalue weighted by Crippen LogP contribution is -2.48. The van der Waals surface area contributed by atoms with E-state index in [0.717, 1.165) is 73.0 Å². The summed E-state index contributed by atoms with van der Waals surface area (Å²) in [4.78, 5) is 39.2.